The van der Waals surface area contributed by atoms with Crippen molar-refractivity contribution in [1.29, 1.82) is 0 Å². The zero-order valence-electron chi connectivity index (χ0n) is 13.1. The Balaban J connectivity index is 1.74. The van der Waals surface area contributed by atoms with Crippen LogP contribution in [0.15, 0.2) is 0 Å². The molecule has 2 rings (SSSR count). The minimum Gasteiger partial charge on any atom is -0.372 e. The minimum atomic E-state index is 0.292. The monoisotopic (exact) mass is 269 g/mol. The summed E-state index contributed by atoms with van der Waals surface area (Å²) >= 11 is 0. The van der Waals surface area contributed by atoms with Crippen LogP contribution in [0, 0.1) is 0 Å². The molecule has 0 aromatic carbocycles. The van der Waals surface area contributed by atoms with Gasteiger partial charge in [0, 0.05) is 38.3 Å². The first-order valence-corrected chi connectivity index (χ1v) is 7.81. The van der Waals surface area contributed by atoms with Crippen molar-refractivity contribution in [2.75, 3.05) is 46.3 Å². The molecule has 2 unspecified atom stereocenters. The summed E-state index contributed by atoms with van der Waals surface area (Å²) in [6, 6.07) is 0. The molecule has 2 aliphatic rings. The number of hydrogen-bond donors (Lipinski definition) is 1. The van der Waals surface area contributed by atoms with Crippen LogP contribution in [0.25, 0.3) is 0 Å². The summed E-state index contributed by atoms with van der Waals surface area (Å²) in [6.45, 7) is 13.5. The van der Waals surface area contributed by atoms with Gasteiger partial charge in [0.2, 0.25) is 0 Å². The summed E-state index contributed by atoms with van der Waals surface area (Å²) in [5.41, 5.74) is 0.292. The first-order valence-electron chi connectivity index (χ1n) is 7.81. The zero-order valence-corrected chi connectivity index (χ0v) is 13.1. The highest BCUT2D eigenvalue weighted by Crippen LogP contribution is 2.23. The molecule has 2 aliphatic heterocycles. The van der Waals surface area contributed by atoms with Crippen LogP contribution in [0.4, 0.5) is 0 Å². The largest absolute Gasteiger partial charge is 0.372 e. The molecule has 0 aliphatic carbocycles. The van der Waals surface area contributed by atoms with E-state index in [0.29, 0.717) is 17.7 Å². The summed E-state index contributed by atoms with van der Waals surface area (Å²) in [4.78, 5) is 5.05. The lowest BCUT2D eigenvalue weighted by molar-refractivity contribution is -0.0117. The van der Waals surface area contributed by atoms with Gasteiger partial charge >= 0.3 is 0 Å². The first kappa shape index (κ1) is 15.2. The Morgan fingerprint density at radius 3 is 2.63 bits per heavy atom. The molecule has 2 heterocycles. The Morgan fingerprint density at radius 1 is 1.21 bits per heavy atom. The van der Waals surface area contributed by atoms with E-state index in [0.717, 1.165) is 26.2 Å². The van der Waals surface area contributed by atoms with Gasteiger partial charge in [0.1, 0.15) is 0 Å². The number of ether oxygens (including phenoxy) is 1. The highest BCUT2D eigenvalue weighted by molar-refractivity contribution is 4.89. The maximum atomic E-state index is 6.14. The van der Waals surface area contributed by atoms with Crippen molar-refractivity contribution in [1.82, 2.24) is 15.1 Å². The van der Waals surface area contributed by atoms with Gasteiger partial charge in [-0.1, -0.05) is 6.92 Å². The molecule has 0 aromatic rings. The predicted octanol–water partition coefficient (Wildman–Crippen LogP) is 1.17. The van der Waals surface area contributed by atoms with Crippen LogP contribution in [0.2, 0.25) is 0 Å². The number of nitrogens with zero attached hydrogens (tertiary/aromatic N) is 2. The van der Waals surface area contributed by atoms with Gasteiger partial charge in [-0.3, -0.25) is 9.80 Å². The first-order chi connectivity index (χ1) is 9.01. The van der Waals surface area contributed by atoms with Crippen LogP contribution in [0.3, 0.4) is 0 Å². The van der Waals surface area contributed by atoms with E-state index in [1.54, 1.807) is 0 Å². The van der Waals surface area contributed by atoms with Crippen molar-refractivity contribution in [2.24, 2.45) is 0 Å². The molecule has 2 atom stereocenters. The van der Waals surface area contributed by atoms with E-state index < -0.39 is 0 Å². The van der Waals surface area contributed by atoms with Crippen molar-refractivity contribution in [3.8, 4) is 0 Å². The molecule has 2 fully saturated rings. The molecule has 0 saturated carbocycles. The molecule has 0 amide bonds. The van der Waals surface area contributed by atoms with Crippen molar-refractivity contribution in [3.05, 3.63) is 0 Å². The highest BCUT2D eigenvalue weighted by atomic mass is 16.5. The summed E-state index contributed by atoms with van der Waals surface area (Å²) in [6.07, 6.45) is 3.32. The van der Waals surface area contributed by atoms with Crippen molar-refractivity contribution < 1.29 is 4.74 Å². The van der Waals surface area contributed by atoms with E-state index in [4.69, 9.17) is 4.74 Å². The zero-order chi connectivity index (χ0) is 13.9. The molecular weight excluding hydrogens is 238 g/mol. The fourth-order valence-corrected chi connectivity index (χ4v) is 3.15. The third-order valence-electron chi connectivity index (χ3n) is 4.67. The lowest BCUT2D eigenvalue weighted by atomic mass is 9.99. The molecule has 0 radical (unpaired) electrons. The molecule has 2 saturated heterocycles. The predicted molar refractivity (Wildman–Crippen MR) is 79.6 cm³/mol. The molecule has 112 valence electrons. The Hall–Kier alpha value is -0.160. The summed E-state index contributed by atoms with van der Waals surface area (Å²) in [5.74, 6) is 0. The van der Waals surface area contributed by atoms with Gasteiger partial charge in [-0.15, -0.1) is 0 Å². The summed E-state index contributed by atoms with van der Waals surface area (Å²) in [7, 11) is 2.23. The molecule has 0 aromatic heterocycles. The van der Waals surface area contributed by atoms with Crippen LogP contribution in [-0.4, -0.2) is 73.9 Å². The normalized spacial score (nSPS) is 32.8. The smallest absolute Gasteiger partial charge is 0.0707 e. The van der Waals surface area contributed by atoms with Crippen molar-refractivity contribution in [2.45, 2.75) is 51.4 Å². The molecular formula is C15H31N3O. The minimum absolute atomic E-state index is 0.292. The van der Waals surface area contributed by atoms with Crippen LogP contribution in [0.5, 0.6) is 0 Å². The van der Waals surface area contributed by atoms with Crippen molar-refractivity contribution in [3.63, 3.8) is 0 Å². The Labute approximate surface area is 118 Å². The van der Waals surface area contributed by atoms with Crippen LogP contribution >= 0.6 is 0 Å². The second-order valence-electron chi connectivity index (χ2n) is 6.73. The average molecular weight is 269 g/mol. The standard InChI is InChI=1S/C15H31N3O/c1-5-16-10-13-6-7-14(19-13)11-18-9-8-17(4)15(2,3)12-18/h13-14,16H,5-12H2,1-4H3. The van der Waals surface area contributed by atoms with Gasteiger partial charge in [-0.2, -0.15) is 0 Å². The van der Waals surface area contributed by atoms with E-state index >= 15 is 0 Å². The Kier molecular flexibility index (Phi) is 5.23. The van der Waals surface area contributed by atoms with E-state index in [1.165, 1.54) is 25.9 Å². The molecule has 0 bridgehead atoms. The van der Waals surface area contributed by atoms with Gasteiger partial charge in [-0.05, 0) is 40.3 Å². The summed E-state index contributed by atoms with van der Waals surface area (Å²) in [5, 5.41) is 3.39. The third kappa shape index (κ3) is 4.15. The second-order valence-corrected chi connectivity index (χ2v) is 6.73. The number of nitrogens with one attached hydrogen (secondary N) is 1. The maximum absolute atomic E-state index is 6.14. The van der Waals surface area contributed by atoms with Crippen LogP contribution in [-0.2, 0) is 4.74 Å². The van der Waals surface area contributed by atoms with Crippen LogP contribution in [0.1, 0.15) is 33.6 Å². The van der Waals surface area contributed by atoms with E-state index in [9.17, 15) is 0 Å². The number of piperazine rings is 1. The molecule has 1 N–H and O–H groups in total. The fourth-order valence-electron chi connectivity index (χ4n) is 3.15. The quantitative estimate of drug-likeness (QED) is 0.811. The van der Waals surface area contributed by atoms with E-state index in [2.05, 4.69) is 42.9 Å². The number of rotatable bonds is 5. The summed E-state index contributed by atoms with van der Waals surface area (Å²) < 4.78 is 6.14. The van der Waals surface area contributed by atoms with Gasteiger partial charge in [0.15, 0.2) is 0 Å². The van der Waals surface area contributed by atoms with Crippen molar-refractivity contribution >= 4 is 0 Å². The highest BCUT2D eigenvalue weighted by Gasteiger charge is 2.33. The number of hydrogen-bond acceptors (Lipinski definition) is 4. The SMILES string of the molecule is CCNCC1CCC(CN2CCN(C)C(C)(C)C2)O1. The second kappa shape index (κ2) is 6.53. The molecule has 0 spiro atoms. The van der Waals surface area contributed by atoms with Gasteiger partial charge < -0.3 is 10.1 Å². The number of likely N-dealkylation sites (N-methyl/N-ethyl adjacent to an activating group) is 2. The van der Waals surface area contributed by atoms with Gasteiger partial charge in [0.05, 0.1) is 12.2 Å². The molecule has 4 nitrogen and oxygen atoms in total. The fraction of sp³-hybridized carbons (Fsp3) is 1.00. The van der Waals surface area contributed by atoms with E-state index in [1.807, 2.05) is 0 Å². The Morgan fingerprint density at radius 2 is 1.95 bits per heavy atom. The van der Waals surface area contributed by atoms with Crippen LogP contribution < -0.4 is 5.32 Å². The van der Waals surface area contributed by atoms with Gasteiger partial charge in [0.25, 0.3) is 0 Å². The average Bonchev–Trinajstić information content (AvgIpc) is 2.78. The maximum Gasteiger partial charge on any atom is 0.0707 e. The molecule has 19 heavy (non-hydrogen) atoms. The molecule has 4 heteroatoms. The lowest BCUT2D eigenvalue weighted by Crippen LogP contribution is -2.58. The lowest BCUT2D eigenvalue weighted by Gasteiger charge is -2.45. The topological polar surface area (TPSA) is 27.7 Å². The Bertz CT molecular complexity index is 283. The van der Waals surface area contributed by atoms with E-state index in [-0.39, 0.29) is 0 Å². The van der Waals surface area contributed by atoms with Gasteiger partial charge in [-0.25, -0.2) is 0 Å². The third-order valence-corrected chi connectivity index (χ3v) is 4.67.